The number of aliphatic carboxylic acids is 2. The second kappa shape index (κ2) is 11.9. The van der Waals surface area contributed by atoms with Gasteiger partial charge >= 0.3 is 18.0 Å². The summed E-state index contributed by atoms with van der Waals surface area (Å²) in [6.45, 7) is 3.84. The van der Waals surface area contributed by atoms with Crippen LogP contribution >= 0.6 is 11.3 Å². The van der Waals surface area contributed by atoms with Crippen molar-refractivity contribution in [3.63, 3.8) is 0 Å². The largest absolute Gasteiger partial charge is 0.478 e. The van der Waals surface area contributed by atoms with E-state index in [9.17, 15) is 14.4 Å². The van der Waals surface area contributed by atoms with Crippen LogP contribution in [0.1, 0.15) is 18.4 Å². The first-order valence-corrected chi connectivity index (χ1v) is 11.5. The maximum atomic E-state index is 12.2. The Morgan fingerprint density at radius 2 is 1.94 bits per heavy atom. The number of carboxylic acid groups (broad SMARTS) is 2. The molecule has 0 spiro atoms. The van der Waals surface area contributed by atoms with Crippen LogP contribution in [0.15, 0.2) is 41.9 Å². The zero-order chi connectivity index (χ0) is 24.5. The van der Waals surface area contributed by atoms with E-state index in [1.165, 1.54) is 37.3 Å². The third kappa shape index (κ3) is 7.13. The summed E-state index contributed by atoms with van der Waals surface area (Å²) in [6, 6.07) is 9.39. The highest BCUT2D eigenvalue weighted by atomic mass is 32.1. The molecular formula is C23H24N4O6S. The lowest BCUT2D eigenvalue weighted by Crippen LogP contribution is -2.49. The van der Waals surface area contributed by atoms with Crippen LogP contribution in [0.25, 0.3) is 10.4 Å². The number of aromatic nitrogens is 1. The summed E-state index contributed by atoms with van der Waals surface area (Å²) in [5, 5.41) is 27.4. The highest BCUT2D eigenvalue weighted by Gasteiger charge is 2.34. The van der Waals surface area contributed by atoms with Crippen molar-refractivity contribution in [3.05, 3.63) is 47.5 Å². The summed E-state index contributed by atoms with van der Waals surface area (Å²) in [4.78, 5) is 38.8. The van der Waals surface area contributed by atoms with Gasteiger partial charge < -0.3 is 19.8 Å². The summed E-state index contributed by atoms with van der Waals surface area (Å²) in [5.41, 5.74) is 3.11. The van der Waals surface area contributed by atoms with Crippen LogP contribution in [0.2, 0.25) is 0 Å². The van der Waals surface area contributed by atoms with E-state index < -0.39 is 18.0 Å². The number of fused-ring (bicyclic) bond motifs is 3. The van der Waals surface area contributed by atoms with Gasteiger partial charge in [0, 0.05) is 24.6 Å². The summed E-state index contributed by atoms with van der Waals surface area (Å²) in [5.74, 6) is -0.925. The number of amides is 1. The first-order chi connectivity index (χ1) is 16.4. The Kier molecular flexibility index (Phi) is 8.73. The van der Waals surface area contributed by atoms with Gasteiger partial charge in [0.15, 0.2) is 5.82 Å². The third-order valence-electron chi connectivity index (χ3n) is 5.63. The number of thiazole rings is 1. The second-order valence-electron chi connectivity index (χ2n) is 7.85. The van der Waals surface area contributed by atoms with Crippen molar-refractivity contribution in [2.45, 2.75) is 12.8 Å². The zero-order valence-electron chi connectivity index (χ0n) is 18.2. The molecule has 4 heterocycles. The number of hydrogen-bond donors (Lipinski definition) is 3. The van der Waals surface area contributed by atoms with Crippen LogP contribution in [-0.4, -0.2) is 64.4 Å². The molecule has 1 amide bonds. The Bertz CT molecular complexity index is 1080. The van der Waals surface area contributed by atoms with Crippen molar-refractivity contribution in [3.8, 4) is 16.5 Å². The molecule has 0 aliphatic carbocycles. The average Bonchev–Trinajstić information content (AvgIpc) is 3.30. The van der Waals surface area contributed by atoms with Gasteiger partial charge in [0.25, 0.3) is 0 Å². The predicted octanol–water partition coefficient (Wildman–Crippen LogP) is 3.28. The van der Waals surface area contributed by atoms with Gasteiger partial charge in [0.2, 0.25) is 0 Å². The molecule has 10 nitrogen and oxygen atoms in total. The van der Waals surface area contributed by atoms with Gasteiger partial charge in [-0.25, -0.2) is 19.4 Å². The molecule has 3 fully saturated rings. The van der Waals surface area contributed by atoms with Gasteiger partial charge in [-0.3, -0.25) is 5.32 Å². The maximum absolute atomic E-state index is 12.2. The summed E-state index contributed by atoms with van der Waals surface area (Å²) < 4.78 is 5.48. The number of ether oxygens (including phenoxy) is 1. The highest BCUT2D eigenvalue weighted by molar-refractivity contribution is 7.13. The van der Waals surface area contributed by atoms with Crippen molar-refractivity contribution in [1.82, 2.24) is 9.88 Å². The molecule has 5 rings (SSSR count). The number of carboxylic acids is 2. The van der Waals surface area contributed by atoms with Gasteiger partial charge in [0.1, 0.15) is 0 Å². The lowest BCUT2D eigenvalue weighted by molar-refractivity contribution is -0.134. The normalized spacial score (nSPS) is 20.6. The lowest BCUT2D eigenvalue weighted by atomic mass is 9.79. The Morgan fingerprint density at radius 3 is 2.53 bits per heavy atom. The van der Waals surface area contributed by atoms with E-state index in [0.717, 1.165) is 17.0 Å². The number of benzene rings is 1. The van der Waals surface area contributed by atoms with E-state index >= 15 is 0 Å². The molecule has 3 aliphatic rings. The van der Waals surface area contributed by atoms with Crippen LogP contribution in [0, 0.1) is 23.2 Å². The van der Waals surface area contributed by atoms with E-state index in [0.29, 0.717) is 42.0 Å². The lowest BCUT2D eigenvalue weighted by Gasteiger charge is -2.44. The fourth-order valence-electron chi connectivity index (χ4n) is 4.00. The molecule has 3 N–H and O–H groups in total. The van der Waals surface area contributed by atoms with Gasteiger partial charge in [-0.05, 0) is 49.5 Å². The van der Waals surface area contributed by atoms with Gasteiger partial charge in [-0.2, -0.15) is 5.26 Å². The summed E-state index contributed by atoms with van der Waals surface area (Å²) >= 11 is 1.42. The first kappa shape index (κ1) is 24.9. The number of hydrogen-bond acceptors (Lipinski definition) is 8. The number of nitrogens with one attached hydrogen (secondary N) is 1. The molecule has 3 saturated heterocycles. The Balaban J connectivity index is 0.000000350. The minimum atomic E-state index is -1.26. The number of rotatable bonds is 6. The molecule has 2 aromatic rings. The molecule has 3 aliphatic heterocycles. The topological polar surface area (TPSA) is 153 Å². The summed E-state index contributed by atoms with van der Waals surface area (Å²) in [6.07, 6.45) is 3.07. The van der Waals surface area contributed by atoms with Gasteiger partial charge in [-0.1, -0.05) is 12.1 Å². The van der Waals surface area contributed by atoms with Crippen LogP contribution in [0.4, 0.5) is 10.6 Å². The number of carbonyl (C=O) groups excluding carboxylic acids is 1. The van der Waals surface area contributed by atoms with Crippen molar-refractivity contribution in [2.24, 2.45) is 11.8 Å². The van der Waals surface area contributed by atoms with Crippen LogP contribution in [0.5, 0.6) is 0 Å². The number of nitrogens with zero attached hydrogens (tertiary/aromatic N) is 3. The van der Waals surface area contributed by atoms with E-state index in [4.69, 9.17) is 20.2 Å². The summed E-state index contributed by atoms with van der Waals surface area (Å²) in [7, 11) is 0. The molecule has 34 heavy (non-hydrogen) atoms. The van der Waals surface area contributed by atoms with Crippen molar-refractivity contribution in [2.75, 3.05) is 31.6 Å². The van der Waals surface area contributed by atoms with Crippen molar-refractivity contribution >= 4 is 35.2 Å². The van der Waals surface area contributed by atoms with Crippen LogP contribution in [-0.2, 0) is 14.3 Å². The smallest absolute Gasteiger partial charge is 0.412 e. The number of anilines is 1. The number of carbonyl (C=O) groups is 3. The van der Waals surface area contributed by atoms with Crippen molar-refractivity contribution < 1.29 is 29.3 Å². The fraction of sp³-hybridized carbons (Fsp3) is 0.348. The van der Waals surface area contributed by atoms with E-state index in [2.05, 4.69) is 21.3 Å². The van der Waals surface area contributed by atoms with E-state index in [1.54, 1.807) is 17.6 Å². The molecular weight excluding hydrogens is 460 g/mol. The first-order valence-electron chi connectivity index (χ1n) is 10.6. The molecule has 0 saturated carbocycles. The van der Waals surface area contributed by atoms with Crippen molar-refractivity contribution in [1.29, 1.82) is 5.26 Å². The molecule has 1 aromatic carbocycles. The number of piperidine rings is 3. The molecule has 1 aromatic heterocycles. The third-order valence-corrected chi connectivity index (χ3v) is 6.51. The van der Waals surface area contributed by atoms with Crippen LogP contribution in [0.3, 0.4) is 0 Å². The minimum Gasteiger partial charge on any atom is -0.478 e. The van der Waals surface area contributed by atoms with E-state index in [-0.39, 0.29) is 0 Å². The SMILES string of the molecule is N#Cc1cccc(-c2scnc2NC(=O)OCC2CN3CCC2CC3)c1.O=C(O)/C=C/C(=O)O. The second-order valence-corrected chi connectivity index (χ2v) is 8.71. The van der Waals surface area contributed by atoms with E-state index in [1.807, 2.05) is 12.1 Å². The molecule has 0 radical (unpaired) electrons. The molecule has 11 heteroatoms. The molecule has 2 bridgehead atoms. The fourth-order valence-corrected chi connectivity index (χ4v) is 4.75. The Labute approximate surface area is 200 Å². The minimum absolute atomic E-state index is 0.436. The molecule has 178 valence electrons. The Hall–Kier alpha value is -3.75. The molecule has 1 unspecified atom stereocenters. The van der Waals surface area contributed by atoms with Gasteiger partial charge in [0.05, 0.1) is 28.6 Å². The molecule has 1 atom stereocenters. The highest BCUT2D eigenvalue weighted by Crippen LogP contribution is 2.33. The zero-order valence-corrected chi connectivity index (χ0v) is 19.0. The number of nitriles is 1. The quantitative estimate of drug-likeness (QED) is 0.524. The maximum Gasteiger partial charge on any atom is 0.412 e. The monoisotopic (exact) mass is 484 g/mol. The predicted molar refractivity (Wildman–Crippen MR) is 124 cm³/mol. The van der Waals surface area contributed by atoms with Gasteiger partial charge in [-0.15, -0.1) is 11.3 Å². The van der Waals surface area contributed by atoms with Crippen LogP contribution < -0.4 is 5.32 Å². The average molecular weight is 485 g/mol. The Morgan fingerprint density at radius 1 is 1.24 bits per heavy atom. The standard InChI is InChI=1S/C19H20N4O2S.C4H4O4/c20-9-13-2-1-3-15(8-13)17-18(21-12-26-17)22-19(24)25-11-16-10-23-6-4-14(16)5-7-23;5-3(6)1-2-4(7)8/h1-3,8,12,14,16H,4-7,10-11H2,(H,22,24);1-2H,(H,5,6)(H,7,8)/b;2-1+.